The molecule has 0 radical (unpaired) electrons. The highest BCUT2D eigenvalue weighted by atomic mass is 32.2. The molecular weight excluding hydrogens is 486 g/mol. The minimum Gasteiger partial charge on any atom is -0.480 e. The number of carboxylic acids is 1. The second kappa shape index (κ2) is 11.9. The van der Waals surface area contributed by atoms with Gasteiger partial charge >= 0.3 is 5.97 Å². The van der Waals surface area contributed by atoms with Gasteiger partial charge in [-0.25, -0.2) is 9.22 Å². The molecule has 0 bridgehead atoms. The van der Waals surface area contributed by atoms with Gasteiger partial charge in [0.1, 0.15) is 6.04 Å². The number of nitrogens with zero attached hydrogens (tertiary/aromatic N) is 3. The van der Waals surface area contributed by atoms with Gasteiger partial charge in [0, 0.05) is 43.0 Å². The Bertz CT molecular complexity index is 1340. The molecule has 1 heterocycles. The number of aryl methyl sites for hydroxylation is 1. The molecule has 0 amide bonds. The standard InChI is InChI=1S/C29H33N3O4S/c1-4-24-6-5-7-25-13-10-23(20-27(24)25)9-8-22-11-14-26(15-12-22)30-16-18-31(19-17-30)32(37(35)36)28(21(2)3)29(33)34/h5-7,10-15,20-21,28H,4,16-19H2,1-3H3,(H,33,34)(H,35,36). The average molecular weight is 520 g/mol. The van der Waals surface area contributed by atoms with Crippen molar-refractivity contribution in [2.45, 2.75) is 33.2 Å². The van der Waals surface area contributed by atoms with E-state index < -0.39 is 23.3 Å². The third-order valence-corrected chi connectivity index (χ3v) is 7.53. The van der Waals surface area contributed by atoms with E-state index in [0.717, 1.165) is 27.6 Å². The van der Waals surface area contributed by atoms with E-state index in [0.29, 0.717) is 26.2 Å². The van der Waals surface area contributed by atoms with Crippen molar-refractivity contribution >= 4 is 33.7 Å². The van der Waals surface area contributed by atoms with E-state index in [1.807, 2.05) is 24.3 Å². The molecule has 2 N–H and O–H groups in total. The summed E-state index contributed by atoms with van der Waals surface area (Å²) in [6, 6.07) is 19.7. The molecular formula is C29H33N3O4S. The predicted molar refractivity (Wildman–Crippen MR) is 148 cm³/mol. The Morgan fingerprint density at radius 2 is 1.65 bits per heavy atom. The summed E-state index contributed by atoms with van der Waals surface area (Å²) < 4.78 is 22.9. The van der Waals surface area contributed by atoms with Crippen LogP contribution in [0.5, 0.6) is 0 Å². The molecule has 3 aromatic carbocycles. The van der Waals surface area contributed by atoms with Crippen molar-refractivity contribution in [2.75, 3.05) is 31.1 Å². The molecule has 1 fully saturated rings. The molecule has 1 aliphatic heterocycles. The minimum absolute atomic E-state index is 0.316. The van der Waals surface area contributed by atoms with Crippen molar-refractivity contribution < 1.29 is 18.7 Å². The molecule has 194 valence electrons. The van der Waals surface area contributed by atoms with Crippen LogP contribution in [0.25, 0.3) is 10.8 Å². The fourth-order valence-corrected chi connectivity index (χ4v) is 5.67. The summed E-state index contributed by atoms with van der Waals surface area (Å²) in [6.45, 7) is 7.76. The van der Waals surface area contributed by atoms with Crippen LogP contribution in [-0.4, -0.2) is 61.5 Å². The highest BCUT2D eigenvalue weighted by molar-refractivity contribution is 7.76. The van der Waals surface area contributed by atoms with E-state index in [9.17, 15) is 18.7 Å². The van der Waals surface area contributed by atoms with Crippen LogP contribution in [0.15, 0.2) is 60.7 Å². The van der Waals surface area contributed by atoms with Gasteiger partial charge in [-0.05, 0) is 65.1 Å². The number of rotatable bonds is 7. The van der Waals surface area contributed by atoms with E-state index in [1.165, 1.54) is 16.3 Å². The lowest BCUT2D eigenvalue weighted by atomic mass is 10.0. The lowest BCUT2D eigenvalue weighted by Gasteiger charge is -2.42. The normalized spacial score (nSPS) is 16.0. The third-order valence-electron chi connectivity index (χ3n) is 6.75. The zero-order chi connectivity index (χ0) is 26.5. The summed E-state index contributed by atoms with van der Waals surface area (Å²) in [5, 5.41) is 13.8. The summed E-state index contributed by atoms with van der Waals surface area (Å²) >= 11 is -2.41. The first-order valence-electron chi connectivity index (χ1n) is 12.5. The molecule has 0 aromatic heterocycles. The minimum atomic E-state index is -2.41. The topological polar surface area (TPSA) is 84.3 Å². The van der Waals surface area contributed by atoms with Crippen molar-refractivity contribution in [3.63, 3.8) is 0 Å². The maximum absolute atomic E-state index is 12.0. The molecule has 3 aromatic rings. The quantitative estimate of drug-likeness (QED) is 0.356. The monoisotopic (exact) mass is 519 g/mol. The van der Waals surface area contributed by atoms with Gasteiger partial charge in [-0.2, -0.15) is 0 Å². The van der Waals surface area contributed by atoms with Crippen LogP contribution in [0, 0.1) is 17.8 Å². The van der Waals surface area contributed by atoms with E-state index in [-0.39, 0.29) is 5.92 Å². The summed E-state index contributed by atoms with van der Waals surface area (Å²) in [7, 11) is 0. The van der Waals surface area contributed by atoms with Gasteiger partial charge in [-0.3, -0.25) is 9.35 Å². The van der Waals surface area contributed by atoms with Crippen LogP contribution in [0.4, 0.5) is 5.69 Å². The Morgan fingerprint density at radius 1 is 1.00 bits per heavy atom. The van der Waals surface area contributed by atoms with Gasteiger partial charge < -0.3 is 10.0 Å². The lowest BCUT2D eigenvalue weighted by molar-refractivity contribution is -0.148. The summed E-state index contributed by atoms with van der Waals surface area (Å²) in [5.74, 6) is 5.12. The third kappa shape index (κ3) is 6.20. The Labute approximate surface area is 221 Å². The van der Waals surface area contributed by atoms with E-state index in [1.54, 1.807) is 18.9 Å². The molecule has 8 heteroatoms. The Balaban J connectivity index is 1.42. The molecule has 2 atom stereocenters. The van der Waals surface area contributed by atoms with Crippen molar-refractivity contribution in [1.29, 1.82) is 0 Å². The Morgan fingerprint density at radius 3 is 2.24 bits per heavy atom. The second-order valence-electron chi connectivity index (χ2n) is 9.50. The van der Waals surface area contributed by atoms with Gasteiger partial charge in [-0.15, -0.1) is 4.41 Å². The first-order valence-corrected chi connectivity index (χ1v) is 13.6. The zero-order valence-corrected chi connectivity index (χ0v) is 22.2. The zero-order valence-electron chi connectivity index (χ0n) is 21.4. The number of hydrogen-bond acceptors (Lipinski definition) is 4. The van der Waals surface area contributed by atoms with Crippen molar-refractivity contribution in [3.8, 4) is 11.8 Å². The molecule has 0 saturated carbocycles. The highest BCUT2D eigenvalue weighted by Crippen LogP contribution is 2.23. The van der Waals surface area contributed by atoms with Crippen LogP contribution >= 0.6 is 0 Å². The van der Waals surface area contributed by atoms with Gasteiger partial charge in [0.25, 0.3) is 0 Å². The number of fused-ring (bicyclic) bond motifs is 1. The summed E-state index contributed by atoms with van der Waals surface area (Å²) in [6.07, 6.45) is 0.984. The van der Waals surface area contributed by atoms with Gasteiger partial charge in [0.15, 0.2) is 0 Å². The molecule has 7 nitrogen and oxygen atoms in total. The van der Waals surface area contributed by atoms with Crippen LogP contribution < -0.4 is 4.90 Å². The Hall–Kier alpha value is -3.22. The van der Waals surface area contributed by atoms with Crippen LogP contribution in [0.2, 0.25) is 0 Å². The maximum Gasteiger partial charge on any atom is 0.323 e. The number of hydrogen-bond donors (Lipinski definition) is 2. The summed E-state index contributed by atoms with van der Waals surface area (Å²) in [4.78, 5) is 13.9. The molecule has 1 saturated heterocycles. The number of aliphatic carboxylic acids is 1. The fourth-order valence-electron chi connectivity index (χ4n) is 4.78. The molecule has 4 rings (SSSR count). The largest absolute Gasteiger partial charge is 0.480 e. The highest BCUT2D eigenvalue weighted by Gasteiger charge is 2.38. The van der Waals surface area contributed by atoms with Crippen molar-refractivity contribution in [1.82, 2.24) is 9.42 Å². The summed E-state index contributed by atoms with van der Waals surface area (Å²) in [5.41, 5.74) is 4.27. The van der Waals surface area contributed by atoms with Crippen LogP contribution in [0.1, 0.15) is 37.5 Å². The van der Waals surface area contributed by atoms with Crippen molar-refractivity contribution in [3.05, 3.63) is 77.4 Å². The number of carbonyl (C=O) groups is 1. The maximum atomic E-state index is 12.0. The molecule has 37 heavy (non-hydrogen) atoms. The first kappa shape index (κ1) is 26.8. The van der Waals surface area contributed by atoms with Crippen LogP contribution in [-0.2, 0) is 22.5 Å². The average Bonchev–Trinajstić information content (AvgIpc) is 2.89. The number of carboxylic acid groups (broad SMARTS) is 1. The second-order valence-corrected chi connectivity index (χ2v) is 10.3. The molecule has 0 spiro atoms. The number of anilines is 1. The number of piperazine rings is 1. The van der Waals surface area contributed by atoms with Crippen LogP contribution in [0.3, 0.4) is 0 Å². The van der Waals surface area contributed by atoms with E-state index in [2.05, 4.69) is 60.1 Å². The van der Waals surface area contributed by atoms with E-state index >= 15 is 0 Å². The van der Waals surface area contributed by atoms with Gasteiger partial charge in [0.05, 0.1) is 0 Å². The molecule has 1 aliphatic rings. The molecule has 2 unspecified atom stereocenters. The Kier molecular flexibility index (Phi) is 8.62. The van der Waals surface area contributed by atoms with Crippen molar-refractivity contribution in [2.24, 2.45) is 5.92 Å². The van der Waals surface area contributed by atoms with Gasteiger partial charge in [0.2, 0.25) is 11.3 Å². The smallest absolute Gasteiger partial charge is 0.323 e. The lowest BCUT2D eigenvalue weighted by Crippen LogP contribution is -2.60. The SMILES string of the molecule is CCc1cccc2ccc(C#Cc3ccc(N4CCN(N(C(C(=O)O)C(C)C)S(=O)O)CC4)cc3)cc12. The molecule has 0 aliphatic carbocycles. The van der Waals surface area contributed by atoms with Gasteiger partial charge in [-0.1, -0.05) is 56.9 Å². The number of hydrazine groups is 1. The number of benzene rings is 3. The fraction of sp³-hybridized carbons (Fsp3) is 0.345. The van der Waals surface area contributed by atoms with E-state index in [4.69, 9.17) is 0 Å². The first-order chi connectivity index (χ1) is 17.8. The predicted octanol–water partition coefficient (Wildman–Crippen LogP) is 4.39.